The second-order valence-electron chi connectivity index (χ2n) is 4.79. The molecule has 1 aromatic rings. The van der Waals surface area contributed by atoms with Crippen molar-refractivity contribution in [3.63, 3.8) is 0 Å². The maximum Gasteiger partial charge on any atom is 0.418 e. The van der Waals surface area contributed by atoms with Crippen LogP contribution in [0, 0.1) is 5.92 Å². The first-order chi connectivity index (χ1) is 9.38. The number of hydrogen-bond donors (Lipinski definition) is 3. The monoisotopic (exact) mass is 287 g/mol. The second-order valence-corrected chi connectivity index (χ2v) is 4.79. The number of anilines is 2. The van der Waals surface area contributed by atoms with E-state index in [4.69, 9.17) is 5.73 Å². The van der Waals surface area contributed by atoms with Crippen LogP contribution >= 0.6 is 0 Å². The number of nitrogens with one attached hydrogen (secondary N) is 2. The van der Waals surface area contributed by atoms with Gasteiger partial charge in [-0.1, -0.05) is 0 Å². The van der Waals surface area contributed by atoms with Crippen molar-refractivity contribution in [2.45, 2.75) is 19.0 Å². The zero-order chi connectivity index (χ0) is 14.8. The van der Waals surface area contributed by atoms with Gasteiger partial charge in [-0.05, 0) is 31.0 Å². The highest BCUT2D eigenvalue weighted by atomic mass is 19.4. The van der Waals surface area contributed by atoms with Crippen LogP contribution in [-0.4, -0.2) is 19.0 Å². The highest BCUT2D eigenvalue weighted by molar-refractivity contribution is 5.80. The summed E-state index contributed by atoms with van der Waals surface area (Å²) in [6, 6.07) is 3.67. The van der Waals surface area contributed by atoms with Crippen LogP contribution in [0.1, 0.15) is 18.4 Å². The molecule has 0 unspecified atom stereocenters. The van der Waals surface area contributed by atoms with Crippen molar-refractivity contribution in [2.75, 3.05) is 24.1 Å². The standard InChI is InChI=1S/C13H16F3N3O/c14-13(15,16)10-7-9(3-4-11(10)17)18-5-6-19-12(20)8-1-2-8/h3-4,7-8,18H,1-2,5-6,17H2,(H,19,20). The van der Waals surface area contributed by atoms with E-state index in [0.29, 0.717) is 18.8 Å². The summed E-state index contributed by atoms with van der Waals surface area (Å²) in [7, 11) is 0. The molecule has 1 saturated carbocycles. The smallest absolute Gasteiger partial charge is 0.398 e. The number of hydrogen-bond acceptors (Lipinski definition) is 3. The Bertz CT molecular complexity index is 498. The third-order valence-corrected chi connectivity index (χ3v) is 3.06. The number of rotatable bonds is 5. The maximum absolute atomic E-state index is 12.7. The van der Waals surface area contributed by atoms with Crippen LogP contribution in [0.25, 0.3) is 0 Å². The predicted molar refractivity (Wildman–Crippen MR) is 70.1 cm³/mol. The first kappa shape index (κ1) is 14.5. The van der Waals surface area contributed by atoms with Crippen LogP contribution in [0.15, 0.2) is 18.2 Å². The van der Waals surface area contributed by atoms with E-state index >= 15 is 0 Å². The highest BCUT2D eigenvalue weighted by Gasteiger charge is 2.33. The van der Waals surface area contributed by atoms with E-state index in [2.05, 4.69) is 10.6 Å². The number of alkyl halides is 3. The van der Waals surface area contributed by atoms with Gasteiger partial charge in [0.05, 0.1) is 5.56 Å². The summed E-state index contributed by atoms with van der Waals surface area (Å²) in [5.41, 5.74) is 4.47. The Kier molecular flexibility index (Phi) is 4.06. The molecule has 0 spiro atoms. The Hall–Kier alpha value is -1.92. The number of carbonyl (C=O) groups excluding carboxylic acids is 1. The minimum absolute atomic E-state index is 0.0140. The lowest BCUT2D eigenvalue weighted by Gasteiger charge is -2.13. The molecular weight excluding hydrogens is 271 g/mol. The average Bonchev–Trinajstić information content (AvgIpc) is 3.19. The molecule has 0 heterocycles. The van der Waals surface area contributed by atoms with Crippen molar-refractivity contribution in [3.05, 3.63) is 23.8 Å². The van der Waals surface area contributed by atoms with Gasteiger partial charge in [0, 0.05) is 30.4 Å². The van der Waals surface area contributed by atoms with Crippen LogP contribution in [0.5, 0.6) is 0 Å². The topological polar surface area (TPSA) is 67.2 Å². The van der Waals surface area contributed by atoms with Gasteiger partial charge in [-0.3, -0.25) is 4.79 Å². The largest absolute Gasteiger partial charge is 0.418 e. The molecule has 2 rings (SSSR count). The van der Waals surface area contributed by atoms with Crippen molar-refractivity contribution in [3.8, 4) is 0 Å². The van der Waals surface area contributed by atoms with E-state index in [9.17, 15) is 18.0 Å². The van der Waals surface area contributed by atoms with E-state index in [0.717, 1.165) is 18.9 Å². The van der Waals surface area contributed by atoms with Crippen molar-refractivity contribution in [1.29, 1.82) is 0 Å². The van der Waals surface area contributed by atoms with E-state index in [1.807, 2.05) is 0 Å². The summed E-state index contributed by atoms with van der Waals surface area (Å²) in [5.74, 6) is 0.142. The van der Waals surface area contributed by atoms with Crippen LogP contribution in [0.3, 0.4) is 0 Å². The molecular formula is C13H16F3N3O. The predicted octanol–water partition coefficient (Wildman–Crippen LogP) is 2.23. The molecule has 0 atom stereocenters. The molecule has 20 heavy (non-hydrogen) atoms. The molecule has 0 aliphatic heterocycles. The van der Waals surface area contributed by atoms with Crippen molar-refractivity contribution in [2.24, 2.45) is 5.92 Å². The summed E-state index contributed by atoms with van der Waals surface area (Å²) in [6.07, 6.45) is -2.62. The Morgan fingerprint density at radius 2 is 2.00 bits per heavy atom. The van der Waals surface area contributed by atoms with Crippen molar-refractivity contribution >= 4 is 17.3 Å². The summed E-state index contributed by atoms with van der Waals surface area (Å²) in [5, 5.41) is 5.55. The highest BCUT2D eigenvalue weighted by Crippen LogP contribution is 2.35. The lowest BCUT2D eigenvalue weighted by molar-refractivity contribution is -0.136. The average molecular weight is 287 g/mol. The minimum atomic E-state index is -4.47. The fraction of sp³-hybridized carbons (Fsp3) is 0.462. The number of nitrogens with two attached hydrogens (primary N) is 1. The normalized spacial score (nSPS) is 14.9. The van der Waals surface area contributed by atoms with Gasteiger partial charge >= 0.3 is 6.18 Å². The number of benzene rings is 1. The van der Waals surface area contributed by atoms with Gasteiger partial charge in [-0.15, -0.1) is 0 Å². The molecule has 110 valence electrons. The Balaban J connectivity index is 1.85. The lowest BCUT2D eigenvalue weighted by atomic mass is 10.1. The van der Waals surface area contributed by atoms with E-state index < -0.39 is 11.7 Å². The number of nitrogen functional groups attached to an aromatic ring is 1. The maximum atomic E-state index is 12.7. The van der Waals surface area contributed by atoms with Gasteiger partial charge in [0.2, 0.25) is 5.91 Å². The van der Waals surface area contributed by atoms with Gasteiger partial charge in [-0.25, -0.2) is 0 Å². The molecule has 1 fully saturated rings. The molecule has 4 N–H and O–H groups in total. The Labute approximate surface area is 114 Å². The molecule has 0 saturated heterocycles. The minimum Gasteiger partial charge on any atom is -0.398 e. The number of halogens is 3. The summed E-state index contributed by atoms with van der Waals surface area (Å²) >= 11 is 0. The van der Waals surface area contributed by atoms with Gasteiger partial charge in [-0.2, -0.15) is 13.2 Å². The third-order valence-electron chi connectivity index (χ3n) is 3.06. The third kappa shape index (κ3) is 3.79. The molecule has 1 amide bonds. The SMILES string of the molecule is Nc1ccc(NCCNC(=O)C2CC2)cc1C(F)(F)F. The van der Waals surface area contributed by atoms with Crippen LogP contribution in [-0.2, 0) is 11.0 Å². The van der Waals surface area contributed by atoms with Crippen LogP contribution in [0.2, 0.25) is 0 Å². The van der Waals surface area contributed by atoms with Gasteiger partial charge in [0.15, 0.2) is 0 Å². The molecule has 1 aromatic carbocycles. The number of amides is 1. The molecule has 0 aromatic heterocycles. The van der Waals surface area contributed by atoms with E-state index in [1.165, 1.54) is 12.1 Å². The zero-order valence-electron chi connectivity index (χ0n) is 10.8. The summed E-state index contributed by atoms with van der Waals surface area (Å²) < 4.78 is 38.0. The first-order valence-electron chi connectivity index (χ1n) is 6.36. The van der Waals surface area contributed by atoms with Gasteiger partial charge in [0.25, 0.3) is 0 Å². The summed E-state index contributed by atoms with van der Waals surface area (Å²) in [6.45, 7) is 0.737. The van der Waals surface area contributed by atoms with Gasteiger partial charge < -0.3 is 16.4 Å². The number of carbonyl (C=O) groups is 1. The Morgan fingerprint density at radius 3 is 2.60 bits per heavy atom. The summed E-state index contributed by atoms with van der Waals surface area (Å²) in [4.78, 5) is 11.3. The van der Waals surface area contributed by atoms with Crippen molar-refractivity contribution in [1.82, 2.24) is 5.32 Å². The van der Waals surface area contributed by atoms with E-state index in [1.54, 1.807) is 0 Å². The zero-order valence-corrected chi connectivity index (χ0v) is 10.8. The van der Waals surface area contributed by atoms with Gasteiger partial charge in [0.1, 0.15) is 0 Å². The fourth-order valence-electron chi connectivity index (χ4n) is 1.79. The second kappa shape index (κ2) is 5.60. The molecule has 4 nitrogen and oxygen atoms in total. The molecule has 0 bridgehead atoms. The Morgan fingerprint density at radius 1 is 1.30 bits per heavy atom. The van der Waals surface area contributed by atoms with Crippen LogP contribution in [0.4, 0.5) is 24.5 Å². The lowest BCUT2D eigenvalue weighted by Crippen LogP contribution is -2.29. The quantitative estimate of drug-likeness (QED) is 0.574. The fourth-order valence-corrected chi connectivity index (χ4v) is 1.79. The van der Waals surface area contributed by atoms with E-state index in [-0.39, 0.29) is 17.5 Å². The van der Waals surface area contributed by atoms with Crippen molar-refractivity contribution < 1.29 is 18.0 Å². The first-order valence-corrected chi connectivity index (χ1v) is 6.36. The molecule has 7 heteroatoms. The molecule has 1 aliphatic rings. The van der Waals surface area contributed by atoms with Crippen LogP contribution < -0.4 is 16.4 Å². The molecule has 0 radical (unpaired) electrons. The molecule has 1 aliphatic carbocycles.